The van der Waals surface area contributed by atoms with Gasteiger partial charge in [-0.15, -0.1) is 0 Å². The number of benzene rings is 1. The van der Waals surface area contributed by atoms with Crippen LogP contribution in [0.25, 0.3) is 22.5 Å². The molecule has 0 aliphatic carbocycles. The number of hydrogen-bond donors (Lipinski definition) is 1. The van der Waals surface area contributed by atoms with Crippen LogP contribution in [-0.4, -0.2) is 30.5 Å². The van der Waals surface area contributed by atoms with Gasteiger partial charge >= 0.3 is 0 Å². The summed E-state index contributed by atoms with van der Waals surface area (Å²) in [4.78, 5) is 17.4. The Hall–Kier alpha value is -3.86. The third-order valence-electron chi connectivity index (χ3n) is 6.05. The molecule has 0 bridgehead atoms. The first-order valence-electron chi connectivity index (χ1n) is 11.5. The quantitative estimate of drug-likeness (QED) is 0.252. The highest BCUT2D eigenvalue weighted by molar-refractivity contribution is 9.10. The summed E-state index contributed by atoms with van der Waals surface area (Å²) in [6.45, 7) is 5.88. The number of fused-ring (bicyclic) bond motifs is 1. The van der Waals surface area contributed by atoms with Crippen LogP contribution in [0.3, 0.4) is 0 Å². The summed E-state index contributed by atoms with van der Waals surface area (Å²) >= 11 is 3.54. The van der Waals surface area contributed by atoms with Crippen molar-refractivity contribution in [3.8, 4) is 11.5 Å². The molecule has 37 heavy (non-hydrogen) atoms. The Morgan fingerprint density at radius 1 is 1.08 bits per heavy atom. The maximum absolute atomic E-state index is 13.9. The van der Waals surface area contributed by atoms with Crippen molar-refractivity contribution in [2.45, 2.75) is 40.3 Å². The lowest BCUT2D eigenvalue weighted by atomic mass is 10.1. The fourth-order valence-electron chi connectivity index (χ4n) is 4.31. The molecule has 0 aliphatic heterocycles. The summed E-state index contributed by atoms with van der Waals surface area (Å²) in [5, 5.41) is 12.0. The van der Waals surface area contributed by atoms with Gasteiger partial charge in [-0.1, -0.05) is 12.1 Å². The number of carbonyl (C=O) groups is 1. The van der Waals surface area contributed by atoms with E-state index in [-0.39, 0.29) is 34.7 Å². The zero-order chi connectivity index (χ0) is 26.3. The van der Waals surface area contributed by atoms with Crippen molar-refractivity contribution in [1.82, 2.24) is 24.5 Å². The summed E-state index contributed by atoms with van der Waals surface area (Å²) < 4.78 is 37.4. The van der Waals surface area contributed by atoms with E-state index in [0.29, 0.717) is 23.7 Å². The molecule has 4 heterocycles. The lowest BCUT2D eigenvalue weighted by molar-refractivity contribution is -0.116. The lowest BCUT2D eigenvalue weighted by Gasteiger charge is -2.10. The first-order chi connectivity index (χ1) is 17.7. The molecule has 5 aromatic rings. The van der Waals surface area contributed by atoms with Gasteiger partial charge in [0, 0.05) is 11.3 Å². The number of halogens is 3. The van der Waals surface area contributed by atoms with Crippen molar-refractivity contribution in [3.63, 3.8) is 0 Å². The zero-order valence-electron chi connectivity index (χ0n) is 20.3. The van der Waals surface area contributed by atoms with E-state index in [9.17, 15) is 13.6 Å². The number of aryl methyl sites for hydroxylation is 2. The van der Waals surface area contributed by atoms with Gasteiger partial charge in [-0.05, 0) is 72.6 Å². The molecule has 0 spiro atoms. The van der Waals surface area contributed by atoms with E-state index in [4.69, 9.17) is 4.42 Å². The Morgan fingerprint density at radius 2 is 1.86 bits per heavy atom. The second-order valence-corrected chi connectivity index (χ2v) is 9.50. The van der Waals surface area contributed by atoms with Crippen molar-refractivity contribution in [1.29, 1.82) is 0 Å². The van der Waals surface area contributed by atoms with Crippen LogP contribution in [0.2, 0.25) is 0 Å². The van der Waals surface area contributed by atoms with Crippen molar-refractivity contribution >= 4 is 38.6 Å². The van der Waals surface area contributed by atoms with Gasteiger partial charge in [-0.2, -0.15) is 10.2 Å². The molecule has 0 saturated carbocycles. The van der Waals surface area contributed by atoms with Crippen LogP contribution >= 0.6 is 15.9 Å². The number of carbonyl (C=O) groups excluding carboxylic acids is 1. The van der Waals surface area contributed by atoms with Crippen LogP contribution in [0.5, 0.6) is 0 Å². The Morgan fingerprint density at radius 3 is 2.54 bits per heavy atom. The molecule has 5 rings (SSSR count). The number of anilines is 1. The largest absolute Gasteiger partial charge is 0.463 e. The summed E-state index contributed by atoms with van der Waals surface area (Å²) in [6.07, 6.45) is -1.30. The molecule has 0 saturated heterocycles. The first kappa shape index (κ1) is 24.8. The summed E-state index contributed by atoms with van der Waals surface area (Å²) in [5.74, 6) is -0.00989. The zero-order valence-corrected chi connectivity index (χ0v) is 21.9. The summed E-state index contributed by atoms with van der Waals surface area (Å²) in [7, 11) is 0. The van der Waals surface area contributed by atoms with Gasteiger partial charge in [0.25, 0.3) is 6.43 Å². The van der Waals surface area contributed by atoms with Crippen LogP contribution in [0.15, 0.2) is 57.6 Å². The van der Waals surface area contributed by atoms with Gasteiger partial charge in [-0.25, -0.2) is 18.4 Å². The molecule has 0 atom stereocenters. The van der Waals surface area contributed by atoms with Gasteiger partial charge in [0.15, 0.2) is 11.4 Å². The van der Waals surface area contributed by atoms with E-state index in [0.717, 1.165) is 21.4 Å². The molecule has 1 amide bonds. The Kier molecular flexibility index (Phi) is 6.63. The van der Waals surface area contributed by atoms with E-state index < -0.39 is 6.43 Å². The molecule has 11 heteroatoms. The number of pyridine rings is 1. The maximum Gasteiger partial charge on any atom is 0.264 e. The second kappa shape index (κ2) is 9.89. The minimum absolute atomic E-state index is 0.195. The highest BCUT2D eigenvalue weighted by atomic mass is 79.9. The summed E-state index contributed by atoms with van der Waals surface area (Å²) in [6, 6.07) is 12.1. The number of nitrogens with zero attached hydrogens (tertiary/aromatic N) is 5. The Balaban J connectivity index is 1.40. The van der Waals surface area contributed by atoms with E-state index in [1.54, 1.807) is 25.1 Å². The smallest absolute Gasteiger partial charge is 0.264 e. The van der Waals surface area contributed by atoms with Crippen LogP contribution < -0.4 is 5.32 Å². The number of alkyl halides is 2. The third-order valence-corrected chi connectivity index (χ3v) is 7.19. The molecule has 1 N–H and O–H groups in total. The van der Waals surface area contributed by atoms with Crippen molar-refractivity contribution in [2.75, 3.05) is 5.32 Å². The molecule has 1 aromatic carbocycles. The molecule has 0 radical (unpaired) electrons. The van der Waals surface area contributed by atoms with E-state index in [1.807, 2.05) is 36.7 Å². The Labute approximate surface area is 219 Å². The number of aromatic nitrogens is 5. The van der Waals surface area contributed by atoms with Gasteiger partial charge in [0.05, 0.1) is 39.7 Å². The molecular weight excluding hydrogens is 546 g/mol. The maximum atomic E-state index is 13.9. The second-order valence-electron chi connectivity index (χ2n) is 8.71. The molecule has 0 unspecified atom stereocenters. The van der Waals surface area contributed by atoms with E-state index in [2.05, 4.69) is 36.4 Å². The van der Waals surface area contributed by atoms with Crippen LogP contribution in [-0.2, 0) is 17.9 Å². The first-order valence-corrected chi connectivity index (χ1v) is 12.3. The number of amides is 1. The normalized spacial score (nSPS) is 11.5. The number of hydrogen-bond acceptors (Lipinski definition) is 5. The van der Waals surface area contributed by atoms with Gasteiger partial charge < -0.3 is 9.73 Å². The SMILES string of the molecule is Cc1nn(Cc2cccc(NC(=O)Cn3nc(C)c4c(C(F)F)cc(-c5ccco5)nc43)c2)c(C)c1Br. The van der Waals surface area contributed by atoms with Crippen LogP contribution in [0, 0.1) is 20.8 Å². The Bertz CT molecular complexity index is 1610. The minimum Gasteiger partial charge on any atom is -0.463 e. The van der Waals surface area contributed by atoms with Gasteiger partial charge in [0.2, 0.25) is 5.91 Å². The monoisotopic (exact) mass is 568 g/mol. The van der Waals surface area contributed by atoms with E-state index >= 15 is 0 Å². The van der Waals surface area contributed by atoms with Crippen molar-refractivity contribution in [3.05, 3.63) is 81.4 Å². The van der Waals surface area contributed by atoms with Crippen molar-refractivity contribution < 1.29 is 18.0 Å². The minimum atomic E-state index is -2.74. The van der Waals surface area contributed by atoms with Crippen LogP contribution in [0.1, 0.15) is 34.6 Å². The third kappa shape index (κ3) is 4.91. The summed E-state index contributed by atoms with van der Waals surface area (Å²) in [5.41, 5.74) is 4.09. The topological polar surface area (TPSA) is 90.8 Å². The standard InChI is InChI=1S/C26H23BrF2N6O2/c1-14-23-19(25(28)29)11-20(21-8-5-9-37-21)31-26(23)35(32-14)13-22(36)30-18-7-4-6-17(10-18)12-34-16(3)24(27)15(2)33-34/h4-11,25H,12-13H2,1-3H3,(H,30,36). The highest BCUT2D eigenvalue weighted by Gasteiger charge is 2.22. The molecular formula is C26H23BrF2N6O2. The average Bonchev–Trinajstić information content (AvgIpc) is 3.56. The fraction of sp³-hybridized carbons (Fsp3) is 0.231. The van der Waals surface area contributed by atoms with Gasteiger partial charge in [-0.3, -0.25) is 9.48 Å². The van der Waals surface area contributed by atoms with Crippen molar-refractivity contribution in [2.24, 2.45) is 0 Å². The molecule has 0 fully saturated rings. The molecule has 0 aliphatic rings. The average molecular weight is 569 g/mol. The molecule has 4 aromatic heterocycles. The van der Waals surface area contributed by atoms with E-state index in [1.165, 1.54) is 17.0 Å². The van der Waals surface area contributed by atoms with Gasteiger partial charge in [0.1, 0.15) is 12.2 Å². The number of rotatable bonds is 7. The molecule has 8 nitrogen and oxygen atoms in total. The lowest BCUT2D eigenvalue weighted by Crippen LogP contribution is -2.20. The van der Waals surface area contributed by atoms with Crippen LogP contribution in [0.4, 0.5) is 14.5 Å². The number of nitrogens with one attached hydrogen (secondary N) is 1. The molecule has 190 valence electrons. The fourth-order valence-corrected chi connectivity index (χ4v) is 4.59. The highest BCUT2D eigenvalue weighted by Crippen LogP contribution is 2.33. The number of furan rings is 1. The predicted molar refractivity (Wildman–Crippen MR) is 138 cm³/mol. The predicted octanol–water partition coefficient (Wildman–Crippen LogP) is 6.20.